The van der Waals surface area contributed by atoms with Gasteiger partial charge in [0.05, 0.1) is 12.0 Å². The quantitative estimate of drug-likeness (QED) is 0.479. The molecule has 130 valence electrons. The van der Waals surface area contributed by atoms with E-state index in [0.29, 0.717) is 11.1 Å². The van der Waals surface area contributed by atoms with Crippen LogP contribution in [0, 0.1) is 27.9 Å². The van der Waals surface area contributed by atoms with Crippen molar-refractivity contribution in [3.05, 3.63) is 33.4 Å². The predicted molar refractivity (Wildman–Crippen MR) is 88.8 cm³/mol. The van der Waals surface area contributed by atoms with E-state index in [0.717, 1.165) is 12.8 Å². The molecular weight excluding hydrogens is 310 g/mol. The Morgan fingerprint density at radius 1 is 1.33 bits per heavy atom. The summed E-state index contributed by atoms with van der Waals surface area (Å²) in [5.74, 6) is -0.439. The molecule has 0 heterocycles. The van der Waals surface area contributed by atoms with Gasteiger partial charge in [0.2, 0.25) is 0 Å². The molecular formula is C18H22NO5-. The molecule has 24 heavy (non-hydrogen) atoms. The molecule has 1 aromatic carbocycles. The summed E-state index contributed by atoms with van der Waals surface area (Å²) in [6.45, 7) is 6.03. The van der Waals surface area contributed by atoms with Crippen molar-refractivity contribution in [3.63, 3.8) is 0 Å². The summed E-state index contributed by atoms with van der Waals surface area (Å²) in [4.78, 5) is 23.1. The highest BCUT2D eigenvalue weighted by molar-refractivity contribution is 6.02. The maximum absolute atomic E-state index is 12.7. The van der Waals surface area contributed by atoms with E-state index in [1.807, 2.05) is 20.8 Å². The standard InChI is InChI=1S/C18H23NO5/c1-10(2)13-6-5-11(3)14(17(13)20)7-12-8-15(19(22)23)18(21)16(9-12)24-4/h7-11,13,21H,5-6H2,1-4H3/p-1/t11-,13-/m0/s1. The lowest BCUT2D eigenvalue weighted by atomic mass is 9.73. The Morgan fingerprint density at radius 3 is 2.54 bits per heavy atom. The zero-order valence-electron chi connectivity index (χ0n) is 14.4. The van der Waals surface area contributed by atoms with Gasteiger partial charge in [-0.05, 0) is 48.0 Å². The van der Waals surface area contributed by atoms with Gasteiger partial charge in [-0.1, -0.05) is 20.8 Å². The number of rotatable bonds is 4. The van der Waals surface area contributed by atoms with Gasteiger partial charge in [0.25, 0.3) is 5.69 Å². The van der Waals surface area contributed by atoms with E-state index in [1.165, 1.54) is 19.2 Å². The number of hydrogen-bond acceptors (Lipinski definition) is 5. The van der Waals surface area contributed by atoms with Crippen LogP contribution in [0.1, 0.15) is 39.2 Å². The molecule has 0 amide bonds. The third-order valence-corrected chi connectivity index (χ3v) is 4.66. The van der Waals surface area contributed by atoms with Gasteiger partial charge >= 0.3 is 0 Å². The molecule has 1 saturated carbocycles. The second-order valence-corrected chi connectivity index (χ2v) is 6.62. The highest BCUT2D eigenvalue weighted by Crippen LogP contribution is 2.38. The van der Waals surface area contributed by atoms with E-state index in [-0.39, 0.29) is 29.3 Å². The van der Waals surface area contributed by atoms with Gasteiger partial charge in [-0.3, -0.25) is 14.9 Å². The monoisotopic (exact) mass is 332 g/mol. The minimum absolute atomic E-state index is 0.0249. The van der Waals surface area contributed by atoms with Crippen molar-refractivity contribution < 1.29 is 19.6 Å². The highest BCUT2D eigenvalue weighted by Gasteiger charge is 2.32. The summed E-state index contributed by atoms with van der Waals surface area (Å²) in [5, 5.41) is 23.0. The van der Waals surface area contributed by atoms with Crippen LogP contribution >= 0.6 is 0 Å². The third-order valence-electron chi connectivity index (χ3n) is 4.66. The molecule has 1 aromatic rings. The first-order valence-electron chi connectivity index (χ1n) is 8.05. The molecule has 0 spiro atoms. The smallest absolute Gasteiger partial charge is 0.266 e. The van der Waals surface area contributed by atoms with Crippen molar-refractivity contribution in [1.82, 2.24) is 0 Å². The first-order chi connectivity index (χ1) is 11.3. The fourth-order valence-corrected chi connectivity index (χ4v) is 3.18. The molecule has 2 atom stereocenters. The first kappa shape index (κ1) is 18.0. The Bertz CT molecular complexity index is 693. The Kier molecular flexibility index (Phi) is 5.26. The Morgan fingerprint density at radius 2 is 2.00 bits per heavy atom. The number of methoxy groups -OCH3 is 1. The van der Waals surface area contributed by atoms with Crippen LogP contribution in [-0.2, 0) is 4.79 Å². The van der Waals surface area contributed by atoms with Crippen LogP contribution in [0.2, 0.25) is 0 Å². The molecule has 0 aromatic heterocycles. The summed E-state index contributed by atoms with van der Waals surface area (Å²) >= 11 is 0. The highest BCUT2D eigenvalue weighted by atomic mass is 16.6. The van der Waals surface area contributed by atoms with Crippen molar-refractivity contribution in [3.8, 4) is 11.5 Å². The van der Waals surface area contributed by atoms with Crippen LogP contribution in [0.3, 0.4) is 0 Å². The molecule has 1 aliphatic rings. The fraction of sp³-hybridized carbons (Fsp3) is 0.500. The van der Waals surface area contributed by atoms with E-state index in [9.17, 15) is 20.0 Å². The van der Waals surface area contributed by atoms with Gasteiger partial charge in [0.15, 0.2) is 5.78 Å². The summed E-state index contributed by atoms with van der Waals surface area (Å²) in [7, 11) is 1.29. The summed E-state index contributed by atoms with van der Waals surface area (Å²) in [5.41, 5.74) is 0.560. The van der Waals surface area contributed by atoms with Gasteiger partial charge in [-0.2, -0.15) is 0 Å². The Hall–Kier alpha value is -2.37. The number of nitrogens with zero attached hydrogens (tertiary/aromatic N) is 1. The van der Waals surface area contributed by atoms with Crippen LogP contribution in [0.25, 0.3) is 6.08 Å². The number of Topliss-reactive ketones (excluding diaryl/α,β-unsaturated/α-hetero) is 1. The summed E-state index contributed by atoms with van der Waals surface area (Å²) < 4.78 is 4.95. The maximum Gasteiger partial charge on any atom is 0.266 e. The normalized spacial score (nSPS) is 22.9. The van der Waals surface area contributed by atoms with Crippen molar-refractivity contribution >= 4 is 17.5 Å². The lowest BCUT2D eigenvalue weighted by Gasteiger charge is -2.30. The van der Waals surface area contributed by atoms with Crippen LogP contribution in [0.15, 0.2) is 17.7 Å². The van der Waals surface area contributed by atoms with E-state index in [2.05, 4.69) is 0 Å². The molecule has 1 fully saturated rings. The number of nitro groups is 1. The lowest BCUT2D eigenvalue weighted by Crippen LogP contribution is -2.30. The Balaban J connectivity index is 2.50. The van der Waals surface area contributed by atoms with Crippen molar-refractivity contribution in [2.24, 2.45) is 17.8 Å². The number of benzene rings is 1. The van der Waals surface area contributed by atoms with Crippen molar-refractivity contribution in [2.45, 2.75) is 33.6 Å². The van der Waals surface area contributed by atoms with Gasteiger partial charge in [-0.25, -0.2) is 0 Å². The van der Waals surface area contributed by atoms with Crippen molar-refractivity contribution in [2.75, 3.05) is 7.11 Å². The second-order valence-electron chi connectivity index (χ2n) is 6.62. The maximum atomic E-state index is 12.7. The minimum Gasteiger partial charge on any atom is -0.865 e. The molecule has 0 unspecified atom stereocenters. The third kappa shape index (κ3) is 3.42. The molecule has 1 aliphatic carbocycles. The number of carbonyl (C=O) groups is 1. The molecule has 0 bridgehead atoms. The number of ketones is 1. The van der Waals surface area contributed by atoms with E-state index >= 15 is 0 Å². The summed E-state index contributed by atoms with van der Waals surface area (Å²) in [6.07, 6.45) is 3.42. The van der Waals surface area contributed by atoms with Crippen LogP contribution in [0.4, 0.5) is 5.69 Å². The lowest BCUT2D eigenvalue weighted by molar-refractivity contribution is -0.398. The molecule has 6 nitrogen and oxygen atoms in total. The van der Waals surface area contributed by atoms with Crippen LogP contribution in [-0.4, -0.2) is 17.8 Å². The molecule has 0 saturated heterocycles. The van der Waals surface area contributed by atoms with E-state index in [1.54, 1.807) is 6.08 Å². The first-order valence-corrected chi connectivity index (χ1v) is 8.05. The number of ether oxygens (including phenoxy) is 1. The van der Waals surface area contributed by atoms with E-state index in [4.69, 9.17) is 4.74 Å². The minimum atomic E-state index is -0.757. The Labute approximate surface area is 141 Å². The van der Waals surface area contributed by atoms with Crippen molar-refractivity contribution in [1.29, 1.82) is 0 Å². The molecule has 0 N–H and O–H groups in total. The molecule has 6 heteroatoms. The average molecular weight is 332 g/mol. The fourth-order valence-electron chi connectivity index (χ4n) is 3.18. The van der Waals surface area contributed by atoms with Gasteiger partial charge in [-0.15, -0.1) is 0 Å². The van der Waals surface area contributed by atoms with Crippen LogP contribution < -0.4 is 9.84 Å². The SMILES string of the molecule is COc1cc(C=C2C(=O)[C@H](C(C)C)CC[C@@H]2C)cc([N+](=O)[O-])c1[O-]. The number of carbonyl (C=O) groups excluding carboxylic acids is 1. The van der Waals surface area contributed by atoms with Gasteiger partial charge in [0.1, 0.15) is 5.75 Å². The molecule has 2 rings (SSSR count). The number of hydrogen-bond donors (Lipinski definition) is 0. The second kappa shape index (κ2) is 7.03. The summed E-state index contributed by atoms with van der Waals surface area (Å²) in [6, 6.07) is 2.65. The average Bonchev–Trinajstić information content (AvgIpc) is 2.51. The topological polar surface area (TPSA) is 92.5 Å². The molecule has 0 radical (unpaired) electrons. The predicted octanol–water partition coefficient (Wildman–Crippen LogP) is 3.33. The molecule has 0 aliphatic heterocycles. The van der Waals surface area contributed by atoms with Crippen LogP contribution in [0.5, 0.6) is 11.5 Å². The van der Waals surface area contributed by atoms with E-state index < -0.39 is 16.4 Å². The number of nitro benzene ring substituents is 1. The largest absolute Gasteiger partial charge is 0.865 e. The number of allylic oxidation sites excluding steroid dienone is 1. The zero-order chi connectivity index (χ0) is 18.0. The zero-order valence-corrected chi connectivity index (χ0v) is 14.4. The van der Waals surface area contributed by atoms with Gasteiger partial charge in [0, 0.05) is 17.7 Å². The van der Waals surface area contributed by atoms with Gasteiger partial charge < -0.3 is 9.84 Å².